The number of carbonyl (C=O) groups excluding carboxylic acids is 1. The number of benzene rings is 2. The highest BCUT2D eigenvalue weighted by Gasteiger charge is 2.33. The number of hydrogen-bond acceptors (Lipinski definition) is 1. The quantitative estimate of drug-likeness (QED) is 0.836. The van der Waals surface area contributed by atoms with E-state index in [2.05, 4.69) is 55.6 Å². The maximum absolute atomic E-state index is 12.5. The summed E-state index contributed by atoms with van der Waals surface area (Å²) in [6, 6.07) is 19.9. The third-order valence-electron chi connectivity index (χ3n) is 4.92. The van der Waals surface area contributed by atoms with Gasteiger partial charge in [0.05, 0.1) is 6.04 Å². The fraction of sp³-hybridized carbons (Fsp3) is 0.286. The second-order valence-electron chi connectivity index (χ2n) is 6.40. The van der Waals surface area contributed by atoms with Gasteiger partial charge in [0.2, 0.25) is 0 Å². The summed E-state index contributed by atoms with van der Waals surface area (Å²) in [5.74, 6) is 1.26. The number of allylic oxidation sites excluding steroid dienone is 1. The molecule has 23 heavy (non-hydrogen) atoms. The first-order chi connectivity index (χ1) is 11.2. The van der Waals surface area contributed by atoms with Crippen LogP contribution in [0.25, 0.3) is 0 Å². The van der Waals surface area contributed by atoms with Crippen LogP contribution in [-0.4, -0.2) is 11.9 Å². The SMILES string of the molecule is CC1C=CC(NC(=O)c2ccccc2)C(c2ccccc2)C1C. The highest BCUT2D eigenvalue weighted by atomic mass is 16.1. The number of amides is 1. The van der Waals surface area contributed by atoms with Crippen molar-refractivity contribution < 1.29 is 4.79 Å². The molecular weight excluding hydrogens is 282 g/mol. The summed E-state index contributed by atoms with van der Waals surface area (Å²) >= 11 is 0. The number of rotatable bonds is 3. The van der Waals surface area contributed by atoms with E-state index in [-0.39, 0.29) is 11.9 Å². The van der Waals surface area contributed by atoms with Crippen LogP contribution in [0.2, 0.25) is 0 Å². The third kappa shape index (κ3) is 3.37. The minimum atomic E-state index is -0.0112. The molecule has 0 bridgehead atoms. The van der Waals surface area contributed by atoms with Gasteiger partial charge in [0.15, 0.2) is 0 Å². The molecule has 2 nitrogen and oxygen atoms in total. The molecule has 0 aliphatic heterocycles. The Morgan fingerprint density at radius 2 is 1.48 bits per heavy atom. The largest absolute Gasteiger partial charge is 0.345 e. The van der Waals surface area contributed by atoms with Gasteiger partial charge in [-0.2, -0.15) is 0 Å². The highest BCUT2D eigenvalue weighted by Crippen LogP contribution is 2.37. The highest BCUT2D eigenvalue weighted by molar-refractivity contribution is 5.94. The van der Waals surface area contributed by atoms with E-state index in [1.165, 1.54) is 5.56 Å². The fourth-order valence-electron chi connectivity index (χ4n) is 3.39. The van der Waals surface area contributed by atoms with E-state index < -0.39 is 0 Å². The summed E-state index contributed by atoms with van der Waals surface area (Å²) in [4.78, 5) is 12.5. The molecule has 0 saturated carbocycles. The molecule has 0 aromatic heterocycles. The molecular formula is C21H23NO. The van der Waals surface area contributed by atoms with Gasteiger partial charge in [-0.25, -0.2) is 0 Å². The summed E-state index contributed by atoms with van der Waals surface area (Å²) in [5.41, 5.74) is 1.99. The van der Waals surface area contributed by atoms with E-state index in [1.54, 1.807) is 0 Å². The zero-order valence-corrected chi connectivity index (χ0v) is 13.6. The predicted octanol–water partition coefficient (Wildman–Crippen LogP) is 4.41. The molecule has 0 radical (unpaired) electrons. The normalized spacial score (nSPS) is 26.7. The van der Waals surface area contributed by atoms with E-state index in [1.807, 2.05) is 36.4 Å². The van der Waals surface area contributed by atoms with E-state index in [4.69, 9.17) is 0 Å². The lowest BCUT2D eigenvalue weighted by atomic mass is 9.72. The fourth-order valence-corrected chi connectivity index (χ4v) is 3.39. The van der Waals surface area contributed by atoms with Gasteiger partial charge in [-0.15, -0.1) is 0 Å². The van der Waals surface area contributed by atoms with Crippen molar-refractivity contribution in [2.75, 3.05) is 0 Å². The minimum absolute atomic E-state index is 0.0112. The Hall–Kier alpha value is -2.35. The topological polar surface area (TPSA) is 29.1 Å². The molecule has 3 rings (SSSR count). The van der Waals surface area contributed by atoms with E-state index in [9.17, 15) is 4.79 Å². The monoisotopic (exact) mass is 305 g/mol. The first kappa shape index (κ1) is 15.5. The van der Waals surface area contributed by atoms with Gasteiger partial charge in [0.1, 0.15) is 0 Å². The Kier molecular flexibility index (Phi) is 4.61. The summed E-state index contributed by atoms with van der Waals surface area (Å²) in [6.07, 6.45) is 4.38. The number of hydrogen-bond donors (Lipinski definition) is 1. The van der Waals surface area contributed by atoms with E-state index >= 15 is 0 Å². The Morgan fingerprint density at radius 1 is 0.870 bits per heavy atom. The van der Waals surface area contributed by atoms with Crippen LogP contribution in [0.3, 0.4) is 0 Å². The van der Waals surface area contributed by atoms with Crippen LogP contribution in [-0.2, 0) is 0 Å². The summed E-state index contributed by atoms with van der Waals surface area (Å²) in [6.45, 7) is 4.51. The molecule has 1 aliphatic carbocycles. The van der Waals surface area contributed by atoms with Gasteiger partial charge in [-0.05, 0) is 29.5 Å². The molecule has 1 amide bonds. The summed E-state index contributed by atoms with van der Waals surface area (Å²) in [5, 5.41) is 3.21. The van der Waals surface area contributed by atoms with Crippen molar-refractivity contribution in [3.05, 3.63) is 83.9 Å². The molecule has 118 valence electrons. The van der Waals surface area contributed by atoms with Crippen LogP contribution in [0.4, 0.5) is 0 Å². The molecule has 4 unspecified atom stereocenters. The van der Waals surface area contributed by atoms with Crippen molar-refractivity contribution >= 4 is 5.91 Å². The van der Waals surface area contributed by atoms with Crippen LogP contribution < -0.4 is 5.32 Å². The Labute approximate surface area is 138 Å². The molecule has 2 aromatic rings. The van der Waals surface area contributed by atoms with Crippen molar-refractivity contribution in [1.82, 2.24) is 5.32 Å². The summed E-state index contributed by atoms with van der Waals surface area (Å²) in [7, 11) is 0. The van der Waals surface area contributed by atoms with Crippen LogP contribution in [0.5, 0.6) is 0 Å². The van der Waals surface area contributed by atoms with Crippen molar-refractivity contribution in [1.29, 1.82) is 0 Å². The van der Waals surface area contributed by atoms with Crippen LogP contribution in [0, 0.1) is 11.8 Å². The molecule has 1 aliphatic rings. The average molecular weight is 305 g/mol. The Morgan fingerprint density at radius 3 is 2.13 bits per heavy atom. The minimum Gasteiger partial charge on any atom is -0.345 e. The van der Waals surface area contributed by atoms with Crippen LogP contribution in [0.15, 0.2) is 72.8 Å². The molecule has 1 N–H and O–H groups in total. The second-order valence-corrected chi connectivity index (χ2v) is 6.40. The van der Waals surface area contributed by atoms with Crippen molar-refractivity contribution in [3.8, 4) is 0 Å². The second kappa shape index (κ2) is 6.82. The molecule has 2 aromatic carbocycles. The first-order valence-electron chi connectivity index (χ1n) is 8.26. The third-order valence-corrected chi connectivity index (χ3v) is 4.92. The predicted molar refractivity (Wildman–Crippen MR) is 94.3 cm³/mol. The van der Waals surface area contributed by atoms with Crippen LogP contribution in [0.1, 0.15) is 35.7 Å². The number of carbonyl (C=O) groups is 1. The van der Waals surface area contributed by atoms with Gasteiger partial charge in [-0.1, -0.05) is 74.5 Å². The molecule has 0 saturated heterocycles. The molecule has 2 heteroatoms. The van der Waals surface area contributed by atoms with E-state index in [0.717, 1.165) is 0 Å². The Bertz CT molecular complexity index is 678. The lowest BCUT2D eigenvalue weighted by molar-refractivity contribution is 0.0931. The van der Waals surface area contributed by atoms with Gasteiger partial charge >= 0.3 is 0 Å². The first-order valence-corrected chi connectivity index (χ1v) is 8.26. The lowest BCUT2D eigenvalue weighted by Gasteiger charge is -2.37. The van der Waals surface area contributed by atoms with Crippen molar-refractivity contribution in [3.63, 3.8) is 0 Å². The molecule has 0 spiro atoms. The lowest BCUT2D eigenvalue weighted by Crippen LogP contribution is -2.43. The van der Waals surface area contributed by atoms with Crippen molar-refractivity contribution in [2.24, 2.45) is 11.8 Å². The average Bonchev–Trinajstić information content (AvgIpc) is 2.60. The maximum Gasteiger partial charge on any atom is 0.251 e. The van der Waals surface area contributed by atoms with E-state index in [0.29, 0.717) is 23.3 Å². The summed E-state index contributed by atoms with van der Waals surface area (Å²) < 4.78 is 0. The number of nitrogens with one attached hydrogen (secondary N) is 1. The standard InChI is InChI=1S/C21H23NO/c1-15-13-14-19(22-21(23)18-11-7-4-8-12-18)20(16(15)2)17-9-5-3-6-10-17/h3-16,19-20H,1-2H3,(H,22,23). The Balaban J connectivity index is 1.86. The zero-order valence-electron chi connectivity index (χ0n) is 13.6. The molecule has 4 atom stereocenters. The van der Waals surface area contributed by atoms with Gasteiger partial charge in [-0.3, -0.25) is 4.79 Å². The smallest absolute Gasteiger partial charge is 0.251 e. The molecule has 0 heterocycles. The van der Waals surface area contributed by atoms with Gasteiger partial charge in [0.25, 0.3) is 5.91 Å². The zero-order chi connectivity index (χ0) is 16.2. The van der Waals surface area contributed by atoms with Gasteiger partial charge < -0.3 is 5.32 Å². The van der Waals surface area contributed by atoms with Crippen LogP contribution >= 0.6 is 0 Å². The van der Waals surface area contributed by atoms with Crippen molar-refractivity contribution in [2.45, 2.75) is 25.8 Å². The molecule has 0 fully saturated rings. The maximum atomic E-state index is 12.5. The van der Waals surface area contributed by atoms with Gasteiger partial charge in [0, 0.05) is 11.5 Å².